The summed E-state index contributed by atoms with van der Waals surface area (Å²) in [6, 6.07) is 7.92. The number of amides is 1. The Bertz CT molecular complexity index is 796. The summed E-state index contributed by atoms with van der Waals surface area (Å²) in [5.41, 5.74) is 2.91. The second-order valence-electron chi connectivity index (χ2n) is 6.27. The van der Waals surface area contributed by atoms with Gasteiger partial charge in [-0.1, -0.05) is 30.3 Å². The van der Waals surface area contributed by atoms with Crippen LogP contribution < -0.4 is 4.90 Å². The molecule has 3 rings (SSSR count). The third-order valence-corrected chi connectivity index (χ3v) is 4.59. The molecule has 2 aromatic rings. The maximum atomic E-state index is 12.7. The standard InChI is InChI=1S/C19H22N2O4/c1-4-15-18(13(3)25-20-15)19(23)24-11-17(22)21-12(2)9-10-14-7-5-6-8-16(14)21/h5-8,12H,4,9-11H2,1-3H3/t12-/m0/s1. The SMILES string of the molecule is CCc1noc(C)c1C(=O)OCC(=O)N1c2ccccc2CC[C@@H]1C. The number of carbonyl (C=O) groups excluding carboxylic acids is 2. The van der Waals surface area contributed by atoms with Gasteiger partial charge in [0.2, 0.25) is 0 Å². The van der Waals surface area contributed by atoms with Crippen molar-refractivity contribution in [3.05, 3.63) is 46.8 Å². The molecule has 132 valence electrons. The number of hydrogen-bond acceptors (Lipinski definition) is 5. The largest absolute Gasteiger partial charge is 0.452 e. The fraction of sp³-hybridized carbons (Fsp3) is 0.421. The van der Waals surface area contributed by atoms with E-state index in [0.717, 1.165) is 24.1 Å². The highest BCUT2D eigenvalue weighted by atomic mass is 16.5. The van der Waals surface area contributed by atoms with Crippen LogP contribution in [0.5, 0.6) is 0 Å². The van der Waals surface area contributed by atoms with E-state index in [1.165, 1.54) is 0 Å². The van der Waals surface area contributed by atoms with Crippen LogP contribution in [-0.2, 0) is 22.4 Å². The van der Waals surface area contributed by atoms with Crippen LogP contribution in [0.25, 0.3) is 0 Å². The molecule has 1 aromatic carbocycles. The number of hydrogen-bond donors (Lipinski definition) is 0. The molecule has 0 radical (unpaired) electrons. The first-order valence-corrected chi connectivity index (χ1v) is 8.55. The molecule has 1 amide bonds. The van der Waals surface area contributed by atoms with Crippen LogP contribution in [0.3, 0.4) is 0 Å². The number of para-hydroxylation sites is 1. The monoisotopic (exact) mass is 342 g/mol. The van der Waals surface area contributed by atoms with Crippen molar-refractivity contribution in [1.29, 1.82) is 0 Å². The first-order valence-electron chi connectivity index (χ1n) is 8.55. The molecule has 6 nitrogen and oxygen atoms in total. The highest BCUT2D eigenvalue weighted by Crippen LogP contribution is 2.30. The lowest BCUT2D eigenvalue weighted by Crippen LogP contribution is -2.44. The van der Waals surface area contributed by atoms with Crippen LogP contribution >= 0.6 is 0 Å². The van der Waals surface area contributed by atoms with Crippen LogP contribution in [0.1, 0.15) is 47.6 Å². The smallest absolute Gasteiger partial charge is 0.344 e. The summed E-state index contributed by atoms with van der Waals surface area (Å²) in [4.78, 5) is 26.8. The average molecular weight is 342 g/mol. The van der Waals surface area contributed by atoms with Gasteiger partial charge in [-0.25, -0.2) is 4.79 Å². The Balaban J connectivity index is 1.73. The molecular weight excluding hydrogens is 320 g/mol. The second-order valence-corrected chi connectivity index (χ2v) is 6.27. The molecule has 0 fully saturated rings. The number of anilines is 1. The van der Waals surface area contributed by atoms with Crippen molar-refractivity contribution in [2.75, 3.05) is 11.5 Å². The van der Waals surface area contributed by atoms with Crippen molar-refractivity contribution in [3.63, 3.8) is 0 Å². The number of aromatic nitrogens is 1. The van der Waals surface area contributed by atoms with E-state index in [2.05, 4.69) is 5.16 Å². The van der Waals surface area contributed by atoms with Gasteiger partial charge >= 0.3 is 5.97 Å². The zero-order chi connectivity index (χ0) is 18.0. The van der Waals surface area contributed by atoms with Crippen LogP contribution in [0.2, 0.25) is 0 Å². The summed E-state index contributed by atoms with van der Waals surface area (Å²) in [6.07, 6.45) is 2.40. The maximum Gasteiger partial charge on any atom is 0.344 e. The van der Waals surface area contributed by atoms with Crippen molar-refractivity contribution >= 4 is 17.6 Å². The van der Waals surface area contributed by atoms with Crippen LogP contribution in [0.15, 0.2) is 28.8 Å². The first kappa shape index (κ1) is 17.2. The van der Waals surface area contributed by atoms with Gasteiger partial charge < -0.3 is 14.2 Å². The normalized spacial score (nSPS) is 16.4. The van der Waals surface area contributed by atoms with Crippen molar-refractivity contribution < 1.29 is 18.8 Å². The van der Waals surface area contributed by atoms with E-state index >= 15 is 0 Å². The zero-order valence-electron chi connectivity index (χ0n) is 14.7. The Hall–Kier alpha value is -2.63. The highest BCUT2D eigenvalue weighted by molar-refractivity contribution is 5.98. The molecular formula is C19H22N2O4. The summed E-state index contributed by atoms with van der Waals surface area (Å²) in [7, 11) is 0. The number of carbonyl (C=O) groups is 2. The lowest BCUT2D eigenvalue weighted by Gasteiger charge is -2.35. The fourth-order valence-corrected chi connectivity index (χ4v) is 3.26. The number of rotatable bonds is 4. The Morgan fingerprint density at radius 3 is 2.88 bits per heavy atom. The molecule has 1 aromatic heterocycles. The summed E-state index contributed by atoms with van der Waals surface area (Å²) < 4.78 is 10.3. The molecule has 0 N–H and O–H groups in total. The third kappa shape index (κ3) is 3.29. The molecule has 0 spiro atoms. The molecule has 1 aliphatic rings. The number of aryl methyl sites for hydroxylation is 3. The molecule has 0 unspecified atom stereocenters. The predicted molar refractivity (Wildman–Crippen MR) is 92.6 cm³/mol. The molecule has 0 aliphatic carbocycles. The topological polar surface area (TPSA) is 72.6 Å². The summed E-state index contributed by atoms with van der Waals surface area (Å²) in [5.74, 6) is -0.381. The zero-order valence-corrected chi connectivity index (χ0v) is 14.7. The van der Waals surface area contributed by atoms with E-state index < -0.39 is 5.97 Å². The minimum Gasteiger partial charge on any atom is -0.452 e. The summed E-state index contributed by atoms with van der Waals surface area (Å²) in [5, 5.41) is 3.84. The van der Waals surface area contributed by atoms with Crippen LogP contribution in [0, 0.1) is 6.92 Å². The van der Waals surface area contributed by atoms with Gasteiger partial charge in [0.05, 0.1) is 5.69 Å². The molecule has 1 atom stereocenters. The van der Waals surface area contributed by atoms with E-state index in [0.29, 0.717) is 23.4 Å². The minimum absolute atomic E-state index is 0.0737. The van der Waals surface area contributed by atoms with Crippen LogP contribution in [0.4, 0.5) is 5.69 Å². The second kappa shape index (κ2) is 7.09. The fourth-order valence-electron chi connectivity index (χ4n) is 3.26. The predicted octanol–water partition coefficient (Wildman–Crippen LogP) is 3.07. The lowest BCUT2D eigenvalue weighted by atomic mass is 9.96. The number of esters is 1. The van der Waals surface area contributed by atoms with Gasteiger partial charge in [0, 0.05) is 11.7 Å². The van der Waals surface area contributed by atoms with Crippen molar-refractivity contribution in [2.24, 2.45) is 0 Å². The Kier molecular flexibility index (Phi) is 4.88. The van der Waals surface area contributed by atoms with Gasteiger partial charge in [-0.05, 0) is 44.7 Å². The van der Waals surface area contributed by atoms with E-state index in [1.54, 1.807) is 11.8 Å². The molecule has 25 heavy (non-hydrogen) atoms. The van der Waals surface area contributed by atoms with Gasteiger partial charge in [-0.15, -0.1) is 0 Å². The van der Waals surface area contributed by atoms with E-state index in [-0.39, 0.29) is 18.6 Å². The Morgan fingerprint density at radius 2 is 2.12 bits per heavy atom. The molecule has 6 heteroatoms. The van der Waals surface area contributed by atoms with Gasteiger partial charge in [0.1, 0.15) is 11.3 Å². The Morgan fingerprint density at radius 1 is 1.36 bits per heavy atom. The first-order chi connectivity index (χ1) is 12.0. The van der Waals surface area contributed by atoms with E-state index in [9.17, 15) is 9.59 Å². The van der Waals surface area contributed by atoms with E-state index in [4.69, 9.17) is 9.26 Å². The minimum atomic E-state index is -0.568. The van der Waals surface area contributed by atoms with Crippen LogP contribution in [-0.4, -0.2) is 29.7 Å². The van der Waals surface area contributed by atoms with Crippen molar-refractivity contribution in [3.8, 4) is 0 Å². The van der Waals surface area contributed by atoms with Gasteiger partial charge in [-0.2, -0.15) is 0 Å². The number of ether oxygens (including phenoxy) is 1. The van der Waals surface area contributed by atoms with Crippen molar-refractivity contribution in [1.82, 2.24) is 5.16 Å². The molecule has 0 bridgehead atoms. The molecule has 2 heterocycles. The van der Waals surface area contributed by atoms with E-state index in [1.807, 2.05) is 38.1 Å². The third-order valence-electron chi connectivity index (χ3n) is 4.59. The summed E-state index contributed by atoms with van der Waals surface area (Å²) in [6.45, 7) is 5.25. The quantitative estimate of drug-likeness (QED) is 0.799. The van der Waals surface area contributed by atoms with Gasteiger partial charge in [0.25, 0.3) is 5.91 Å². The number of fused-ring (bicyclic) bond motifs is 1. The molecule has 1 aliphatic heterocycles. The Labute approximate surface area is 146 Å². The average Bonchev–Trinajstić information content (AvgIpc) is 3.00. The molecule has 0 saturated heterocycles. The number of nitrogens with zero attached hydrogens (tertiary/aromatic N) is 2. The summed E-state index contributed by atoms with van der Waals surface area (Å²) >= 11 is 0. The lowest BCUT2D eigenvalue weighted by molar-refractivity contribution is -0.122. The van der Waals surface area contributed by atoms with Gasteiger partial charge in [0.15, 0.2) is 6.61 Å². The van der Waals surface area contributed by atoms with Crippen molar-refractivity contribution in [2.45, 2.75) is 46.1 Å². The van der Waals surface area contributed by atoms with Gasteiger partial charge in [-0.3, -0.25) is 4.79 Å². The number of benzene rings is 1. The highest BCUT2D eigenvalue weighted by Gasteiger charge is 2.29. The molecule has 0 saturated carbocycles. The maximum absolute atomic E-state index is 12.7.